The summed E-state index contributed by atoms with van der Waals surface area (Å²) in [5.74, 6) is 0.204. The number of amides is 1. The molecule has 0 bridgehead atoms. The first-order chi connectivity index (χ1) is 7.88. The van der Waals surface area contributed by atoms with Gasteiger partial charge < -0.3 is 0 Å². The van der Waals surface area contributed by atoms with Crippen molar-refractivity contribution in [1.29, 1.82) is 0 Å². The third-order valence-electron chi connectivity index (χ3n) is 2.64. The molecular weight excluding hydrogens is 264 g/mol. The van der Waals surface area contributed by atoms with Crippen LogP contribution in [0.4, 0.5) is 5.82 Å². The van der Waals surface area contributed by atoms with E-state index in [2.05, 4.69) is 4.98 Å². The van der Waals surface area contributed by atoms with Crippen LogP contribution in [0.5, 0.6) is 0 Å². The van der Waals surface area contributed by atoms with Crippen molar-refractivity contribution in [2.75, 3.05) is 11.4 Å². The van der Waals surface area contributed by atoms with Gasteiger partial charge in [0.2, 0.25) is 15.0 Å². The van der Waals surface area contributed by atoms with Gasteiger partial charge >= 0.3 is 0 Å². The Bertz CT molecular complexity index is 558. The fourth-order valence-corrected chi connectivity index (χ4v) is 2.79. The van der Waals surface area contributed by atoms with E-state index in [1.54, 1.807) is 25.1 Å². The first-order valence-corrected chi connectivity index (χ1v) is 7.42. The van der Waals surface area contributed by atoms with Crippen molar-refractivity contribution < 1.29 is 13.2 Å². The van der Waals surface area contributed by atoms with Crippen LogP contribution in [0, 0.1) is 6.92 Å². The fourth-order valence-electron chi connectivity index (χ4n) is 1.76. The number of hydrogen-bond acceptors (Lipinski definition) is 4. The number of pyridine rings is 1. The lowest BCUT2D eigenvalue weighted by molar-refractivity contribution is -0.117. The van der Waals surface area contributed by atoms with E-state index in [1.165, 1.54) is 4.90 Å². The molecule has 92 valence electrons. The van der Waals surface area contributed by atoms with Gasteiger partial charge in [-0.1, -0.05) is 6.07 Å². The van der Waals surface area contributed by atoms with Crippen LogP contribution in [0.15, 0.2) is 18.2 Å². The molecule has 1 atom stereocenters. The molecule has 2 rings (SSSR count). The number of aromatic nitrogens is 1. The monoisotopic (exact) mass is 274 g/mol. The largest absolute Gasteiger partial charge is 0.295 e. The van der Waals surface area contributed by atoms with Gasteiger partial charge in [-0.15, -0.1) is 0 Å². The van der Waals surface area contributed by atoms with E-state index in [0.717, 1.165) is 5.69 Å². The van der Waals surface area contributed by atoms with Gasteiger partial charge in [-0.05, 0) is 19.1 Å². The average Bonchev–Trinajstić information content (AvgIpc) is 2.60. The first-order valence-electron chi connectivity index (χ1n) is 5.05. The van der Waals surface area contributed by atoms with Crippen molar-refractivity contribution in [3.8, 4) is 0 Å². The molecular formula is C10H11ClN2O3S. The van der Waals surface area contributed by atoms with Crippen LogP contribution in [0.25, 0.3) is 0 Å². The second-order valence-electron chi connectivity index (χ2n) is 3.94. The topological polar surface area (TPSA) is 67.3 Å². The van der Waals surface area contributed by atoms with Gasteiger partial charge in [-0.3, -0.25) is 9.69 Å². The van der Waals surface area contributed by atoms with E-state index < -0.39 is 14.3 Å². The van der Waals surface area contributed by atoms with Crippen molar-refractivity contribution in [3.63, 3.8) is 0 Å². The number of carbonyl (C=O) groups is 1. The molecule has 2 heterocycles. The highest BCUT2D eigenvalue weighted by Gasteiger charge is 2.38. The van der Waals surface area contributed by atoms with Crippen LogP contribution < -0.4 is 4.90 Å². The number of halogens is 1. The minimum absolute atomic E-state index is 0.0706. The van der Waals surface area contributed by atoms with E-state index in [0.29, 0.717) is 5.82 Å². The Morgan fingerprint density at radius 3 is 2.71 bits per heavy atom. The van der Waals surface area contributed by atoms with Crippen molar-refractivity contribution >= 4 is 31.5 Å². The van der Waals surface area contributed by atoms with Gasteiger partial charge in [0.05, 0.1) is 0 Å². The maximum atomic E-state index is 11.7. The van der Waals surface area contributed by atoms with Gasteiger partial charge in [-0.2, -0.15) is 0 Å². The standard InChI is InChI=1S/C10H11ClN2O3S/c1-7-3-2-4-9(12-7)13-6-8(5-10(13)14)17(11,15)16/h2-4,8H,5-6H2,1H3. The van der Waals surface area contributed by atoms with Gasteiger partial charge in [0.1, 0.15) is 11.1 Å². The summed E-state index contributed by atoms with van der Waals surface area (Å²) in [7, 11) is 1.56. The minimum atomic E-state index is -3.70. The average molecular weight is 275 g/mol. The Kier molecular flexibility index (Phi) is 3.09. The molecule has 1 fully saturated rings. The zero-order chi connectivity index (χ0) is 12.6. The molecule has 0 N–H and O–H groups in total. The predicted molar refractivity (Wildman–Crippen MR) is 64.5 cm³/mol. The van der Waals surface area contributed by atoms with Crippen molar-refractivity contribution in [2.45, 2.75) is 18.6 Å². The van der Waals surface area contributed by atoms with Gasteiger partial charge in [0, 0.05) is 29.3 Å². The number of hydrogen-bond donors (Lipinski definition) is 0. The van der Waals surface area contributed by atoms with Crippen molar-refractivity contribution in [2.24, 2.45) is 0 Å². The van der Waals surface area contributed by atoms with Crippen LogP contribution >= 0.6 is 10.7 Å². The molecule has 1 unspecified atom stereocenters. The highest BCUT2D eigenvalue weighted by Crippen LogP contribution is 2.25. The molecule has 0 saturated carbocycles. The molecule has 5 nitrogen and oxygen atoms in total. The first kappa shape index (κ1) is 12.3. The summed E-state index contributed by atoms with van der Waals surface area (Å²) in [5, 5.41) is -0.848. The van der Waals surface area contributed by atoms with Crippen molar-refractivity contribution in [3.05, 3.63) is 23.9 Å². The smallest absolute Gasteiger partial charge is 0.237 e. The molecule has 1 aromatic heterocycles. The molecule has 7 heteroatoms. The van der Waals surface area contributed by atoms with Crippen LogP contribution in [0.1, 0.15) is 12.1 Å². The lowest BCUT2D eigenvalue weighted by Gasteiger charge is -2.15. The molecule has 0 aromatic carbocycles. The summed E-state index contributed by atoms with van der Waals surface area (Å²) in [4.78, 5) is 17.3. The number of aryl methyl sites for hydroxylation is 1. The summed E-state index contributed by atoms with van der Waals surface area (Å²) in [6, 6.07) is 5.25. The van der Waals surface area contributed by atoms with Crippen molar-refractivity contribution in [1.82, 2.24) is 4.98 Å². The third-order valence-corrected chi connectivity index (χ3v) is 4.51. The Morgan fingerprint density at radius 2 is 2.18 bits per heavy atom. The van der Waals surface area contributed by atoms with Crippen LogP contribution in [-0.4, -0.2) is 31.1 Å². The van der Waals surface area contributed by atoms with E-state index in [9.17, 15) is 13.2 Å². The summed E-state index contributed by atoms with van der Waals surface area (Å²) < 4.78 is 22.4. The van der Waals surface area contributed by atoms with E-state index in [4.69, 9.17) is 10.7 Å². The SMILES string of the molecule is Cc1cccc(N2CC(S(=O)(=O)Cl)CC2=O)n1. The quantitative estimate of drug-likeness (QED) is 0.757. The Hall–Kier alpha value is -1.14. The fraction of sp³-hybridized carbons (Fsp3) is 0.400. The molecule has 0 aliphatic carbocycles. The summed E-state index contributed by atoms with van der Waals surface area (Å²) in [6.07, 6.45) is -0.0819. The minimum Gasteiger partial charge on any atom is -0.295 e. The number of anilines is 1. The summed E-state index contributed by atoms with van der Waals surface area (Å²) >= 11 is 0. The predicted octanol–water partition coefficient (Wildman–Crippen LogP) is 1.06. The zero-order valence-corrected chi connectivity index (χ0v) is 10.7. The molecule has 0 spiro atoms. The number of rotatable bonds is 2. The molecule has 1 aliphatic heterocycles. The second-order valence-corrected chi connectivity index (χ2v) is 6.85. The lowest BCUT2D eigenvalue weighted by Crippen LogP contribution is -2.27. The van der Waals surface area contributed by atoms with Gasteiger partial charge in [0.25, 0.3) is 0 Å². The van der Waals surface area contributed by atoms with Gasteiger partial charge in [0.15, 0.2) is 0 Å². The molecule has 1 amide bonds. The zero-order valence-electron chi connectivity index (χ0n) is 9.13. The third kappa shape index (κ3) is 2.58. The van der Waals surface area contributed by atoms with Crippen LogP contribution in [0.3, 0.4) is 0 Å². The summed E-state index contributed by atoms with van der Waals surface area (Å²) in [6.45, 7) is 1.88. The lowest BCUT2D eigenvalue weighted by atomic mass is 10.3. The molecule has 1 aliphatic rings. The summed E-state index contributed by atoms with van der Waals surface area (Å²) in [5.41, 5.74) is 0.771. The Morgan fingerprint density at radius 1 is 1.47 bits per heavy atom. The highest BCUT2D eigenvalue weighted by atomic mass is 35.7. The van der Waals surface area contributed by atoms with Crippen LogP contribution in [0.2, 0.25) is 0 Å². The molecule has 1 aromatic rings. The van der Waals surface area contributed by atoms with E-state index in [1.807, 2.05) is 0 Å². The molecule has 17 heavy (non-hydrogen) atoms. The maximum Gasteiger partial charge on any atom is 0.237 e. The van der Waals surface area contributed by atoms with Crippen LogP contribution in [-0.2, 0) is 13.8 Å². The van der Waals surface area contributed by atoms with E-state index in [-0.39, 0.29) is 18.9 Å². The van der Waals surface area contributed by atoms with Gasteiger partial charge in [-0.25, -0.2) is 13.4 Å². The highest BCUT2D eigenvalue weighted by molar-refractivity contribution is 8.14. The number of nitrogens with zero attached hydrogens (tertiary/aromatic N) is 2. The maximum absolute atomic E-state index is 11.7. The molecule has 1 saturated heterocycles. The second kappa shape index (κ2) is 4.27. The normalized spacial score (nSPS) is 20.9. The molecule has 0 radical (unpaired) electrons. The Balaban J connectivity index is 2.28. The van der Waals surface area contributed by atoms with E-state index >= 15 is 0 Å². The Labute approximate surface area is 104 Å². The number of carbonyl (C=O) groups excluding carboxylic acids is 1.